The Morgan fingerprint density at radius 3 is 3.11 bits per heavy atom. The summed E-state index contributed by atoms with van der Waals surface area (Å²) in [6.07, 6.45) is 2.97. The SMILES string of the molecule is Cn1cccc1CNC(=O)c1ccc2c(c1)CCN2. The topological polar surface area (TPSA) is 46.1 Å². The fraction of sp³-hybridized carbons (Fsp3) is 0.267. The molecule has 1 aromatic heterocycles. The molecule has 0 spiro atoms. The molecule has 4 heteroatoms. The molecule has 2 aromatic rings. The molecule has 0 saturated carbocycles. The number of aryl methyl sites for hydroxylation is 1. The Kier molecular flexibility index (Phi) is 2.99. The van der Waals surface area contributed by atoms with E-state index in [-0.39, 0.29) is 5.91 Å². The number of nitrogens with zero attached hydrogens (tertiary/aromatic N) is 1. The minimum absolute atomic E-state index is 0.0177. The summed E-state index contributed by atoms with van der Waals surface area (Å²) in [5.74, 6) is -0.0177. The number of amides is 1. The molecule has 0 aliphatic carbocycles. The number of fused-ring (bicyclic) bond motifs is 1. The van der Waals surface area contributed by atoms with E-state index in [0.717, 1.165) is 29.9 Å². The molecule has 1 amide bonds. The van der Waals surface area contributed by atoms with Crippen LogP contribution in [0.3, 0.4) is 0 Å². The van der Waals surface area contributed by atoms with E-state index in [1.807, 2.05) is 48.1 Å². The van der Waals surface area contributed by atoms with Crippen LogP contribution in [0.4, 0.5) is 5.69 Å². The minimum Gasteiger partial charge on any atom is -0.384 e. The van der Waals surface area contributed by atoms with E-state index in [9.17, 15) is 4.79 Å². The number of rotatable bonds is 3. The molecular weight excluding hydrogens is 238 g/mol. The molecule has 1 aliphatic rings. The van der Waals surface area contributed by atoms with Gasteiger partial charge in [-0.3, -0.25) is 4.79 Å². The zero-order chi connectivity index (χ0) is 13.2. The molecule has 19 heavy (non-hydrogen) atoms. The van der Waals surface area contributed by atoms with Crippen LogP contribution in [-0.4, -0.2) is 17.0 Å². The second-order valence-corrected chi connectivity index (χ2v) is 4.84. The largest absolute Gasteiger partial charge is 0.384 e. The summed E-state index contributed by atoms with van der Waals surface area (Å²) in [5.41, 5.74) is 4.21. The average molecular weight is 255 g/mol. The molecule has 98 valence electrons. The Balaban J connectivity index is 1.69. The summed E-state index contributed by atoms with van der Waals surface area (Å²) in [6, 6.07) is 9.82. The third kappa shape index (κ3) is 2.34. The summed E-state index contributed by atoms with van der Waals surface area (Å²) in [4.78, 5) is 12.1. The second-order valence-electron chi connectivity index (χ2n) is 4.84. The maximum Gasteiger partial charge on any atom is 0.251 e. The Hall–Kier alpha value is -2.23. The summed E-state index contributed by atoms with van der Waals surface area (Å²) >= 11 is 0. The van der Waals surface area contributed by atoms with Crippen molar-refractivity contribution in [3.05, 3.63) is 53.3 Å². The molecule has 1 aliphatic heterocycles. The van der Waals surface area contributed by atoms with Crippen LogP contribution in [0.2, 0.25) is 0 Å². The van der Waals surface area contributed by atoms with Crippen molar-refractivity contribution >= 4 is 11.6 Å². The lowest BCUT2D eigenvalue weighted by Gasteiger charge is -2.08. The summed E-state index contributed by atoms with van der Waals surface area (Å²) in [7, 11) is 1.97. The molecule has 2 N–H and O–H groups in total. The highest BCUT2D eigenvalue weighted by molar-refractivity contribution is 5.95. The van der Waals surface area contributed by atoms with Crippen molar-refractivity contribution in [3.63, 3.8) is 0 Å². The van der Waals surface area contributed by atoms with Crippen molar-refractivity contribution in [3.8, 4) is 0 Å². The predicted molar refractivity (Wildman–Crippen MR) is 75.2 cm³/mol. The van der Waals surface area contributed by atoms with E-state index in [1.165, 1.54) is 5.56 Å². The van der Waals surface area contributed by atoms with Gasteiger partial charge in [-0.05, 0) is 42.3 Å². The highest BCUT2D eigenvalue weighted by Crippen LogP contribution is 2.22. The van der Waals surface area contributed by atoms with E-state index < -0.39 is 0 Å². The van der Waals surface area contributed by atoms with E-state index in [0.29, 0.717) is 6.54 Å². The molecule has 0 atom stereocenters. The molecule has 0 fully saturated rings. The van der Waals surface area contributed by atoms with Gasteiger partial charge in [0, 0.05) is 36.7 Å². The quantitative estimate of drug-likeness (QED) is 0.880. The first-order valence-corrected chi connectivity index (χ1v) is 6.49. The van der Waals surface area contributed by atoms with Crippen LogP contribution in [0.15, 0.2) is 36.5 Å². The van der Waals surface area contributed by atoms with Crippen LogP contribution in [0.25, 0.3) is 0 Å². The van der Waals surface area contributed by atoms with Crippen molar-refractivity contribution < 1.29 is 4.79 Å². The summed E-state index contributed by atoms with van der Waals surface area (Å²) in [5, 5.41) is 6.25. The van der Waals surface area contributed by atoms with E-state index in [1.54, 1.807) is 0 Å². The van der Waals surface area contributed by atoms with Crippen molar-refractivity contribution in [1.29, 1.82) is 0 Å². The normalized spacial score (nSPS) is 12.9. The average Bonchev–Trinajstić information content (AvgIpc) is 3.03. The van der Waals surface area contributed by atoms with Gasteiger partial charge in [0.1, 0.15) is 0 Å². The molecule has 4 nitrogen and oxygen atoms in total. The predicted octanol–water partition coefficient (Wildman–Crippen LogP) is 1.92. The van der Waals surface area contributed by atoms with Gasteiger partial charge in [-0.25, -0.2) is 0 Å². The highest BCUT2D eigenvalue weighted by atomic mass is 16.1. The molecular formula is C15H17N3O. The van der Waals surface area contributed by atoms with Gasteiger partial charge in [-0.1, -0.05) is 0 Å². The monoisotopic (exact) mass is 255 g/mol. The maximum atomic E-state index is 12.1. The molecule has 0 saturated heterocycles. The van der Waals surface area contributed by atoms with Crippen LogP contribution in [-0.2, 0) is 20.0 Å². The zero-order valence-corrected chi connectivity index (χ0v) is 10.9. The van der Waals surface area contributed by atoms with Crippen molar-refractivity contribution in [1.82, 2.24) is 9.88 Å². The molecule has 1 aromatic carbocycles. The zero-order valence-electron chi connectivity index (χ0n) is 10.9. The van der Waals surface area contributed by atoms with Crippen molar-refractivity contribution in [2.75, 3.05) is 11.9 Å². The van der Waals surface area contributed by atoms with E-state index in [4.69, 9.17) is 0 Å². The molecule has 2 heterocycles. The standard InChI is InChI=1S/C15H17N3O/c1-18-8-2-3-13(18)10-17-15(19)12-4-5-14-11(9-12)6-7-16-14/h2-5,8-9,16H,6-7,10H2,1H3,(H,17,19). The number of hydrogen-bond donors (Lipinski definition) is 2. The van der Waals surface area contributed by atoms with Gasteiger partial charge in [0.25, 0.3) is 5.91 Å². The maximum absolute atomic E-state index is 12.1. The fourth-order valence-electron chi connectivity index (χ4n) is 2.40. The van der Waals surface area contributed by atoms with Gasteiger partial charge in [0.05, 0.1) is 6.54 Å². The van der Waals surface area contributed by atoms with Gasteiger partial charge in [0.15, 0.2) is 0 Å². The number of aromatic nitrogens is 1. The van der Waals surface area contributed by atoms with Gasteiger partial charge >= 0.3 is 0 Å². The second kappa shape index (κ2) is 4.80. The Bertz CT molecular complexity index is 616. The van der Waals surface area contributed by atoms with Crippen LogP contribution in [0.1, 0.15) is 21.6 Å². The molecule has 0 radical (unpaired) electrons. The third-order valence-electron chi connectivity index (χ3n) is 3.56. The molecule has 0 unspecified atom stereocenters. The first kappa shape index (κ1) is 11.8. The van der Waals surface area contributed by atoms with E-state index in [2.05, 4.69) is 10.6 Å². The summed E-state index contributed by atoms with van der Waals surface area (Å²) in [6.45, 7) is 1.52. The third-order valence-corrected chi connectivity index (χ3v) is 3.56. The highest BCUT2D eigenvalue weighted by Gasteiger charge is 2.13. The number of anilines is 1. The van der Waals surface area contributed by atoms with Crippen molar-refractivity contribution in [2.45, 2.75) is 13.0 Å². The van der Waals surface area contributed by atoms with Crippen LogP contribution >= 0.6 is 0 Å². The number of carbonyl (C=O) groups excluding carboxylic acids is 1. The number of hydrogen-bond acceptors (Lipinski definition) is 2. The Morgan fingerprint density at radius 1 is 1.42 bits per heavy atom. The van der Waals surface area contributed by atoms with Gasteiger partial charge in [-0.15, -0.1) is 0 Å². The van der Waals surface area contributed by atoms with Crippen molar-refractivity contribution in [2.24, 2.45) is 7.05 Å². The molecule has 3 rings (SSSR count). The van der Waals surface area contributed by atoms with Crippen LogP contribution in [0, 0.1) is 0 Å². The number of carbonyl (C=O) groups is 1. The Morgan fingerprint density at radius 2 is 2.32 bits per heavy atom. The van der Waals surface area contributed by atoms with Crippen LogP contribution in [0.5, 0.6) is 0 Å². The van der Waals surface area contributed by atoms with Crippen LogP contribution < -0.4 is 10.6 Å². The summed E-state index contributed by atoms with van der Waals surface area (Å²) < 4.78 is 2.01. The van der Waals surface area contributed by atoms with Gasteiger partial charge < -0.3 is 15.2 Å². The minimum atomic E-state index is -0.0177. The first-order valence-electron chi connectivity index (χ1n) is 6.49. The van der Waals surface area contributed by atoms with Gasteiger partial charge in [-0.2, -0.15) is 0 Å². The van der Waals surface area contributed by atoms with Gasteiger partial charge in [0.2, 0.25) is 0 Å². The lowest BCUT2D eigenvalue weighted by molar-refractivity contribution is 0.0950. The number of benzene rings is 1. The first-order chi connectivity index (χ1) is 9.24. The van der Waals surface area contributed by atoms with E-state index >= 15 is 0 Å². The molecule has 0 bridgehead atoms. The Labute approximate surface area is 112 Å². The smallest absolute Gasteiger partial charge is 0.251 e. The lowest BCUT2D eigenvalue weighted by atomic mass is 10.1. The lowest BCUT2D eigenvalue weighted by Crippen LogP contribution is -2.23. The fourth-order valence-corrected chi connectivity index (χ4v) is 2.40. The number of nitrogens with one attached hydrogen (secondary N) is 2.